The van der Waals surface area contributed by atoms with Gasteiger partial charge < -0.3 is 24.6 Å². The Labute approximate surface area is 205 Å². The van der Waals surface area contributed by atoms with Crippen molar-refractivity contribution in [2.24, 2.45) is 0 Å². The number of alkyl halides is 3. The van der Waals surface area contributed by atoms with Crippen LogP contribution in [0.25, 0.3) is 10.2 Å². The number of carbonyl (C=O) groups is 2. The van der Waals surface area contributed by atoms with Crippen LogP contribution in [0.1, 0.15) is 41.6 Å². The number of morpholine rings is 1. The molecule has 4 heterocycles. The van der Waals surface area contributed by atoms with Crippen LogP contribution >= 0.6 is 11.3 Å². The molecule has 0 spiro atoms. The van der Waals surface area contributed by atoms with Gasteiger partial charge in [-0.15, -0.1) is 11.3 Å². The van der Waals surface area contributed by atoms with Gasteiger partial charge in [-0.25, -0.2) is 4.98 Å². The Bertz CT molecular complexity index is 1070. The second-order valence-electron chi connectivity index (χ2n) is 8.90. The van der Waals surface area contributed by atoms with Crippen LogP contribution in [0.2, 0.25) is 0 Å². The number of rotatable bonds is 6. The molecule has 1 unspecified atom stereocenters. The number of ether oxygens (including phenoxy) is 2. The number of nitrogens with zero attached hydrogens (tertiary/aromatic N) is 3. The van der Waals surface area contributed by atoms with Gasteiger partial charge in [0.1, 0.15) is 11.9 Å². The molecule has 2 saturated heterocycles. The van der Waals surface area contributed by atoms with Gasteiger partial charge in [0.05, 0.1) is 34.1 Å². The first-order valence-electron chi connectivity index (χ1n) is 11.6. The molecule has 0 bridgehead atoms. The van der Waals surface area contributed by atoms with E-state index in [1.807, 2.05) is 7.05 Å². The Kier molecular flexibility index (Phi) is 7.82. The van der Waals surface area contributed by atoms with Gasteiger partial charge in [0.15, 0.2) is 0 Å². The fourth-order valence-corrected chi connectivity index (χ4v) is 5.45. The van der Waals surface area contributed by atoms with Crippen molar-refractivity contribution in [3.63, 3.8) is 0 Å². The standard InChI is InChI=1S/C23H29F3N4O4S/c1-27-22(32)16-13-35-21-17(23(24,25)26)11-18(28-20(16)21)30-7-5-14(6-8-30)34-19(31)4-3-15-12-29(2)9-10-33-15/h11,13-15H,3-10,12H2,1-2H3,(H,27,32). The van der Waals surface area contributed by atoms with Gasteiger partial charge in [-0.1, -0.05) is 0 Å². The van der Waals surface area contributed by atoms with E-state index >= 15 is 0 Å². The summed E-state index contributed by atoms with van der Waals surface area (Å²) < 4.78 is 52.6. The average molecular weight is 515 g/mol. The molecule has 2 fully saturated rings. The summed E-state index contributed by atoms with van der Waals surface area (Å²) >= 11 is 0.858. The van der Waals surface area contributed by atoms with Gasteiger partial charge in [0.2, 0.25) is 0 Å². The van der Waals surface area contributed by atoms with Crippen molar-refractivity contribution in [1.29, 1.82) is 0 Å². The van der Waals surface area contributed by atoms with Crippen molar-refractivity contribution in [3.8, 4) is 0 Å². The number of halogens is 3. The molecule has 12 heteroatoms. The number of anilines is 1. The number of aromatic nitrogens is 1. The quantitative estimate of drug-likeness (QED) is 0.593. The zero-order valence-electron chi connectivity index (χ0n) is 19.7. The molecule has 2 aromatic heterocycles. The van der Waals surface area contributed by atoms with Gasteiger partial charge >= 0.3 is 12.1 Å². The van der Waals surface area contributed by atoms with Crippen LogP contribution in [0.4, 0.5) is 19.0 Å². The third-order valence-corrected chi connectivity index (χ3v) is 7.37. The molecule has 35 heavy (non-hydrogen) atoms. The molecule has 2 aliphatic rings. The maximum Gasteiger partial charge on any atom is 0.417 e. The summed E-state index contributed by atoms with van der Waals surface area (Å²) in [7, 11) is 3.44. The highest BCUT2D eigenvalue weighted by molar-refractivity contribution is 7.17. The first kappa shape index (κ1) is 25.6. The molecule has 0 aromatic carbocycles. The predicted octanol–water partition coefficient (Wildman–Crippen LogP) is 3.30. The first-order chi connectivity index (χ1) is 16.7. The van der Waals surface area contributed by atoms with Gasteiger partial charge in [-0.05, 0) is 19.5 Å². The van der Waals surface area contributed by atoms with Gasteiger partial charge in [0, 0.05) is 57.9 Å². The zero-order chi connectivity index (χ0) is 25.2. The SMILES string of the molecule is CNC(=O)c1csc2c(C(F)(F)F)cc(N3CCC(OC(=O)CCC4CN(C)CCO4)CC3)nc12. The van der Waals surface area contributed by atoms with Gasteiger partial charge in [-0.3, -0.25) is 9.59 Å². The van der Waals surface area contributed by atoms with Crippen molar-refractivity contribution in [2.45, 2.75) is 44.1 Å². The van der Waals surface area contributed by atoms with Gasteiger partial charge in [0.25, 0.3) is 5.91 Å². The number of carbonyl (C=O) groups excluding carboxylic acids is 2. The minimum Gasteiger partial charge on any atom is -0.462 e. The number of hydrogen-bond acceptors (Lipinski definition) is 8. The molecule has 0 aliphatic carbocycles. The van der Waals surface area contributed by atoms with Crippen molar-refractivity contribution in [1.82, 2.24) is 15.2 Å². The Morgan fingerprint density at radius 1 is 1.29 bits per heavy atom. The molecule has 2 aromatic rings. The van der Waals surface area contributed by atoms with E-state index in [9.17, 15) is 22.8 Å². The fourth-order valence-electron chi connectivity index (χ4n) is 4.43. The van der Waals surface area contributed by atoms with Crippen LogP contribution in [0.5, 0.6) is 0 Å². The lowest BCUT2D eigenvalue weighted by Crippen LogP contribution is -2.40. The summed E-state index contributed by atoms with van der Waals surface area (Å²) in [6.45, 7) is 3.11. The number of esters is 1. The number of thiophene rings is 1. The van der Waals surface area contributed by atoms with E-state index in [1.165, 1.54) is 12.4 Å². The van der Waals surface area contributed by atoms with E-state index in [1.54, 1.807) is 4.90 Å². The molecule has 1 amide bonds. The number of amides is 1. The normalized spacial score (nSPS) is 20.3. The van der Waals surface area contributed by atoms with Crippen molar-refractivity contribution in [3.05, 3.63) is 22.6 Å². The molecule has 192 valence electrons. The lowest BCUT2D eigenvalue weighted by atomic mass is 10.1. The third kappa shape index (κ3) is 6.04. The summed E-state index contributed by atoms with van der Waals surface area (Å²) in [4.78, 5) is 32.8. The molecule has 4 rings (SSSR count). The molecule has 1 N–H and O–H groups in total. The summed E-state index contributed by atoms with van der Waals surface area (Å²) in [6, 6.07) is 1.04. The van der Waals surface area contributed by atoms with Gasteiger partial charge in [-0.2, -0.15) is 13.2 Å². The largest absolute Gasteiger partial charge is 0.462 e. The molecule has 0 saturated carbocycles. The van der Waals surface area contributed by atoms with Crippen LogP contribution in [0.15, 0.2) is 11.4 Å². The minimum absolute atomic E-state index is 0.0174. The summed E-state index contributed by atoms with van der Waals surface area (Å²) in [5.41, 5.74) is -0.637. The number of likely N-dealkylation sites (N-methyl/N-ethyl adjacent to an activating group) is 1. The molecule has 0 radical (unpaired) electrons. The Morgan fingerprint density at radius 2 is 2.03 bits per heavy atom. The number of nitrogens with one attached hydrogen (secondary N) is 1. The average Bonchev–Trinajstić information content (AvgIpc) is 3.25. The third-order valence-electron chi connectivity index (χ3n) is 6.36. The molecular formula is C23H29F3N4O4S. The summed E-state index contributed by atoms with van der Waals surface area (Å²) in [5, 5.41) is 3.85. The highest BCUT2D eigenvalue weighted by Crippen LogP contribution is 2.40. The topological polar surface area (TPSA) is 84.0 Å². The second-order valence-corrected chi connectivity index (χ2v) is 9.78. The number of piperidine rings is 1. The second kappa shape index (κ2) is 10.7. The fraction of sp³-hybridized carbons (Fsp3) is 0.609. The minimum atomic E-state index is -4.58. The van der Waals surface area contributed by atoms with E-state index in [0.717, 1.165) is 30.5 Å². The number of hydrogen-bond donors (Lipinski definition) is 1. The van der Waals surface area contributed by atoms with Crippen LogP contribution < -0.4 is 10.2 Å². The monoisotopic (exact) mass is 514 g/mol. The number of fused-ring (bicyclic) bond motifs is 1. The molecule has 8 nitrogen and oxygen atoms in total. The Balaban J connectivity index is 1.39. The van der Waals surface area contributed by atoms with E-state index < -0.39 is 17.6 Å². The lowest BCUT2D eigenvalue weighted by Gasteiger charge is -2.33. The summed E-state index contributed by atoms with van der Waals surface area (Å²) in [5.74, 6) is -0.602. The Morgan fingerprint density at radius 3 is 2.69 bits per heavy atom. The molecule has 1 atom stereocenters. The zero-order valence-corrected chi connectivity index (χ0v) is 20.5. The number of pyridine rings is 1. The van der Waals surface area contributed by atoms with E-state index in [2.05, 4.69) is 15.2 Å². The van der Waals surface area contributed by atoms with E-state index in [-0.39, 0.29) is 46.2 Å². The maximum absolute atomic E-state index is 13.8. The molecular weight excluding hydrogens is 485 g/mol. The smallest absolute Gasteiger partial charge is 0.417 e. The van der Waals surface area contributed by atoms with Crippen LogP contribution in [-0.4, -0.2) is 80.8 Å². The van der Waals surface area contributed by atoms with Crippen LogP contribution in [-0.2, 0) is 20.4 Å². The van der Waals surface area contributed by atoms with Crippen molar-refractivity contribution in [2.75, 3.05) is 51.8 Å². The van der Waals surface area contributed by atoms with E-state index in [4.69, 9.17) is 9.47 Å². The first-order valence-corrected chi connectivity index (χ1v) is 12.5. The highest BCUT2D eigenvalue weighted by Gasteiger charge is 2.36. The van der Waals surface area contributed by atoms with Crippen molar-refractivity contribution < 1.29 is 32.2 Å². The lowest BCUT2D eigenvalue weighted by molar-refractivity contribution is -0.151. The predicted molar refractivity (Wildman–Crippen MR) is 126 cm³/mol. The Hall–Kier alpha value is -2.44. The van der Waals surface area contributed by atoms with E-state index in [0.29, 0.717) is 39.0 Å². The van der Waals surface area contributed by atoms with Crippen molar-refractivity contribution >= 4 is 39.2 Å². The maximum atomic E-state index is 13.8. The van der Waals surface area contributed by atoms with Crippen LogP contribution in [0.3, 0.4) is 0 Å². The molecule has 2 aliphatic heterocycles. The highest BCUT2D eigenvalue weighted by atomic mass is 32.1. The van der Waals surface area contributed by atoms with Crippen LogP contribution in [0, 0.1) is 0 Å². The summed E-state index contributed by atoms with van der Waals surface area (Å²) in [6.07, 6.45) is -3.01.